The molecule has 0 amide bonds. The van der Waals surface area contributed by atoms with Gasteiger partial charge in [0.2, 0.25) is 11.7 Å². The number of nitrogens with zero attached hydrogens (tertiary/aromatic N) is 4. The van der Waals surface area contributed by atoms with Crippen LogP contribution >= 0.6 is 0 Å². The maximum Gasteiger partial charge on any atom is 0.244 e. The van der Waals surface area contributed by atoms with Gasteiger partial charge in [0.1, 0.15) is 5.69 Å². The molecule has 3 aromatic rings. The van der Waals surface area contributed by atoms with Gasteiger partial charge in [-0.05, 0) is 37.9 Å². The molecule has 1 aliphatic heterocycles. The maximum absolute atomic E-state index is 5.48. The Balaban J connectivity index is 1.78. The number of hydrogen-bond donors (Lipinski definition) is 0. The standard InChI is InChI=1S/C16H16N4O/c1-20-10-4-7-13(20)16-18-15(19-21-16)14-12-6-3-2-5-11(12)8-9-17-14/h2-3,5-6,8-9,13H,4,7,10H2,1H3/t13-/m0/s1. The molecule has 2 aromatic heterocycles. The topological polar surface area (TPSA) is 55.1 Å². The molecule has 4 rings (SSSR count). The highest BCUT2D eigenvalue weighted by atomic mass is 16.5. The first-order valence-corrected chi connectivity index (χ1v) is 7.21. The summed E-state index contributed by atoms with van der Waals surface area (Å²) in [6.45, 7) is 1.08. The van der Waals surface area contributed by atoms with Crippen LogP contribution in [0.1, 0.15) is 24.8 Å². The van der Waals surface area contributed by atoms with E-state index in [1.54, 1.807) is 6.20 Å². The summed E-state index contributed by atoms with van der Waals surface area (Å²) in [6, 6.07) is 10.3. The molecule has 5 heteroatoms. The number of hydrogen-bond acceptors (Lipinski definition) is 5. The summed E-state index contributed by atoms with van der Waals surface area (Å²) in [4.78, 5) is 11.3. The lowest BCUT2D eigenvalue weighted by atomic mass is 10.1. The minimum atomic E-state index is 0.237. The summed E-state index contributed by atoms with van der Waals surface area (Å²) in [5.74, 6) is 1.27. The minimum Gasteiger partial charge on any atom is -0.337 e. The van der Waals surface area contributed by atoms with Gasteiger partial charge in [-0.2, -0.15) is 4.98 Å². The first-order valence-electron chi connectivity index (χ1n) is 7.21. The van der Waals surface area contributed by atoms with E-state index in [1.165, 1.54) is 6.42 Å². The van der Waals surface area contributed by atoms with Crippen molar-refractivity contribution < 1.29 is 4.52 Å². The van der Waals surface area contributed by atoms with Crippen molar-refractivity contribution >= 4 is 10.8 Å². The van der Waals surface area contributed by atoms with E-state index in [0.717, 1.165) is 29.4 Å². The monoisotopic (exact) mass is 280 g/mol. The van der Waals surface area contributed by atoms with Crippen molar-refractivity contribution in [2.24, 2.45) is 0 Å². The van der Waals surface area contributed by atoms with Crippen LogP contribution in [0.3, 0.4) is 0 Å². The highest BCUT2D eigenvalue weighted by Crippen LogP contribution is 2.31. The Morgan fingerprint density at radius 3 is 3.00 bits per heavy atom. The Bertz CT molecular complexity index is 777. The average Bonchev–Trinajstić information content (AvgIpc) is 3.15. The fourth-order valence-electron chi connectivity index (χ4n) is 2.99. The number of likely N-dealkylation sites (tertiary alicyclic amines) is 1. The van der Waals surface area contributed by atoms with E-state index in [2.05, 4.69) is 33.1 Å². The molecule has 0 radical (unpaired) electrons. The fourth-order valence-corrected chi connectivity index (χ4v) is 2.99. The van der Waals surface area contributed by atoms with E-state index < -0.39 is 0 Å². The van der Waals surface area contributed by atoms with Crippen LogP contribution in [0.25, 0.3) is 22.3 Å². The van der Waals surface area contributed by atoms with Gasteiger partial charge in [0.25, 0.3) is 0 Å². The normalized spacial score (nSPS) is 19.4. The second-order valence-corrected chi connectivity index (χ2v) is 5.48. The zero-order valence-electron chi connectivity index (χ0n) is 11.9. The Morgan fingerprint density at radius 2 is 2.14 bits per heavy atom. The third kappa shape index (κ3) is 2.10. The van der Waals surface area contributed by atoms with Crippen molar-refractivity contribution in [1.82, 2.24) is 20.0 Å². The highest BCUT2D eigenvalue weighted by Gasteiger charge is 2.28. The molecule has 1 saturated heterocycles. The molecule has 1 atom stereocenters. The van der Waals surface area contributed by atoms with Gasteiger partial charge in [-0.1, -0.05) is 29.4 Å². The van der Waals surface area contributed by atoms with E-state index in [9.17, 15) is 0 Å². The SMILES string of the molecule is CN1CCC[C@H]1c1nc(-c2nccc3ccccc23)no1. The van der Waals surface area contributed by atoms with Crippen molar-refractivity contribution in [2.75, 3.05) is 13.6 Å². The molecule has 1 aliphatic rings. The largest absolute Gasteiger partial charge is 0.337 e. The summed E-state index contributed by atoms with van der Waals surface area (Å²) in [7, 11) is 2.09. The summed E-state index contributed by atoms with van der Waals surface area (Å²) >= 11 is 0. The number of aromatic nitrogens is 3. The van der Waals surface area contributed by atoms with E-state index in [1.807, 2.05) is 24.3 Å². The van der Waals surface area contributed by atoms with Crippen LogP contribution in [0.5, 0.6) is 0 Å². The van der Waals surface area contributed by atoms with Crippen LogP contribution in [0.2, 0.25) is 0 Å². The summed E-state index contributed by atoms with van der Waals surface area (Å²) in [5.41, 5.74) is 0.781. The maximum atomic E-state index is 5.48. The van der Waals surface area contributed by atoms with Gasteiger partial charge in [-0.25, -0.2) is 0 Å². The molecular formula is C16H16N4O. The van der Waals surface area contributed by atoms with Crippen molar-refractivity contribution in [3.63, 3.8) is 0 Å². The molecule has 0 aliphatic carbocycles. The molecule has 5 nitrogen and oxygen atoms in total. The van der Waals surface area contributed by atoms with Crippen molar-refractivity contribution in [2.45, 2.75) is 18.9 Å². The summed E-state index contributed by atoms with van der Waals surface area (Å²) in [6.07, 6.45) is 4.03. The molecule has 3 heterocycles. The summed E-state index contributed by atoms with van der Waals surface area (Å²) < 4.78 is 5.48. The van der Waals surface area contributed by atoms with Gasteiger partial charge >= 0.3 is 0 Å². The predicted molar refractivity (Wildman–Crippen MR) is 79.6 cm³/mol. The second kappa shape index (κ2) is 4.93. The smallest absolute Gasteiger partial charge is 0.244 e. The molecular weight excluding hydrogens is 264 g/mol. The van der Waals surface area contributed by atoms with Crippen LogP contribution in [0.4, 0.5) is 0 Å². The molecule has 0 spiro atoms. The molecule has 106 valence electrons. The molecule has 0 saturated carbocycles. The third-order valence-electron chi connectivity index (χ3n) is 4.13. The van der Waals surface area contributed by atoms with Crippen molar-refractivity contribution in [1.29, 1.82) is 0 Å². The number of fused-ring (bicyclic) bond motifs is 1. The Morgan fingerprint density at radius 1 is 1.24 bits per heavy atom. The van der Waals surface area contributed by atoms with Gasteiger partial charge < -0.3 is 4.52 Å². The van der Waals surface area contributed by atoms with Crippen LogP contribution in [-0.4, -0.2) is 33.6 Å². The van der Waals surface area contributed by atoms with E-state index in [-0.39, 0.29) is 6.04 Å². The second-order valence-electron chi connectivity index (χ2n) is 5.48. The van der Waals surface area contributed by atoms with Gasteiger partial charge in [0, 0.05) is 11.6 Å². The van der Waals surface area contributed by atoms with E-state index in [4.69, 9.17) is 4.52 Å². The first-order chi connectivity index (χ1) is 10.3. The fraction of sp³-hybridized carbons (Fsp3) is 0.312. The van der Waals surface area contributed by atoms with Gasteiger partial charge in [-0.15, -0.1) is 0 Å². The Labute approximate surface area is 122 Å². The van der Waals surface area contributed by atoms with Crippen LogP contribution in [0.15, 0.2) is 41.1 Å². The molecule has 0 bridgehead atoms. The molecule has 1 fully saturated rings. The predicted octanol–water partition coefficient (Wildman–Crippen LogP) is 3.05. The van der Waals surface area contributed by atoms with Gasteiger partial charge in [0.15, 0.2) is 0 Å². The van der Waals surface area contributed by atoms with Crippen LogP contribution in [-0.2, 0) is 0 Å². The minimum absolute atomic E-state index is 0.237. The Hall–Kier alpha value is -2.27. The summed E-state index contributed by atoms with van der Waals surface area (Å²) in [5, 5.41) is 6.32. The molecule has 0 N–H and O–H groups in total. The number of pyridine rings is 1. The zero-order chi connectivity index (χ0) is 14.2. The van der Waals surface area contributed by atoms with Crippen LogP contribution < -0.4 is 0 Å². The Kier molecular flexibility index (Phi) is 2.93. The third-order valence-corrected chi connectivity index (χ3v) is 4.13. The van der Waals surface area contributed by atoms with E-state index >= 15 is 0 Å². The molecule has 1 aromatic carbocycles. The van der Waals surface area contributed by atoms with Gasteiger partial charge in [-0.3, -0.25) is 9.88 Å². The lowest BCUT2D eigenvalue weighted by Crippen LogP contribution is -2.17. The quantitative estimate of drug-likeness (QED) is 0.722. The number of benzene rings is 1. The van der Waals surface area contributed by atoms with Crippen molar-refractivity contribution in [3.8, 4) is 11.5 Å². The van der Waals surface area contributed by atoms with Crippen molar-refractivity contribution in [3.05, 3.63) is 42.4 Å². The lowest BCUT2D eigenvalue weighted by Gasteiger charge is -2.14. The van der Waals surface area contributed by atoms with Crippen LogP contribution in [0, 0.1) is 0 Å². The molecule has 0 unspecified atom stereocenters. The average molecular weight is 280 g/mol. The molecule has 21 heavy (non-hydrogen) atoms. The van der Waals surface area contributed by atoms with Gasteiger partial charge in [0.05, 0.1) is 6.04 Å². The zero-order valence-corrected chi connectivity index (χ0v) is 11.9. The lowest BCUT2D eigenvalue weighted by molar-refractivity contribution is 0.245. The highest BCUT2D eigenvalue weighted by molar-refractivity contribution is 5.92. The number of rotatable bonds is 2. The van der Waals surface area contributed by atoms with E-state index in [0.29, 0.717) is 11.7 Å². The first kappa shape index (κ1) is 12.5.